The fourth-order valence-corrected chi connectivity index (χ4v) is 2.84. The van der Waals surface area contributed by atoms with E-state index in [9.17, 15) is 4.79 Å². The third-order valence-electron chi connectivity index (χ3n) is 3.92. The van der Waals surface area contributed by atoms with E-state index in [0.717, 1.165) is 23.9 Å². The van der Waals surface area contributed by atoms with Crippen molar-refractivity contribution in [1.29, 1.82) is 0 Å². The van der Waals surface area contributed by atoms with Crippen molar-refractivity contribution >= 4 is 22.8 Å². The maximum Gasteiger partial charge on any atom is 0.277 e. The fourth-order valence-electron chi connectivity index (χ4n) is 2.84. The molecule has 0 N–H and O–H groups in total. The zero-order valence-electron chi connectivity index (χ0n) is 11.6. The predicted octanol–water partition coefficient (Wildman–Crippen LogP) is 1.22. The molecule has 4 rings (SSSR count). The van der Waals surface area contributed by atoms with Gasteiger partial charge in [0.2, 0.25) is 0 Å². The molecule has 0 aliphatic carbocycles. The molecular formula is C14H14N6O. The van der Waals surface area contributed by atoms with Crippen LogP contribution in [0, 0.1) is 0 Å². The SMILES string of the molecule is Cn1c(C(=O)N2CCCn3nnnc32)cc2ccccc21. The summed E-state index contributed by atoms with van der Waals surface area (Å²) in [7, 11) is 1.91. The van der Waals surface area contributed by atoms with Crippen LogP contribution in [0.1, 0.15) is 16.9 Å². The van der Waals surface area contributed by atoms with Gasteiger partial charge in [-0.15, -0.1) is 0 Å². The Morgan fingerprint density at radius 1 is 1.24 bits per heavy atom. The van der Waals surface area contributed by atoms with Gasteiger partial charge in [0.25, 0.3) is 11.9 Å². The summed E-state index contributed by atoms with van der Waals surface area (Å²) in [5, 5.41) is 12.6. The van der Waals surface area contributed by atoms with E-state index in [-0.39, 0.29) is 5.91 Å². The van der Waals surface area contributed by atoms with Crippen molar-refractivity contribution in [2.45, 2.75) is 13.0 Å². The molecule has 106 valence electrons. The minimum atomic E-state index is -0.0653. The maximum atomic E-state index is 12.8. The average Bonchev–Trinajstić information content (AvgIpc) is 3.11. The molecule has 1 aromatic carbocycles. The minimum absolute atomic E-state index is 0.0653. The molecule has 0 saturated carbocycles. The van der Waals surface area contributed by atoms with Crippen molar-refractivity contribution in [2.24, 2.45) is 7.05 Å². The van der Waals surface area contributed by atoms with Crippen LogP contribution in [0.25, 0.3) is 10.9 Å². The number of amides is 1. The topological polar surface area (TPSA) is 68.8 Å². The molecule has 3 heterocycles. The Labute approximate surface area is 120 Å². The van der Waals surface area contributed by atoms with Crippen molar-refractivity contribution in [3.63, 3.8) is 0 Å². The largest absolute Gasteiger partial charge is 0.340 e. The average molecular weight is 282 g/mol. The van der Waals surface area contributed by atoms with Crippen molar-refractivity contribution in [3.05, 3.63) is 36.0 Å². The molecule has 0 atom stereocenters. The van der Waals surface area contributed by atoms with Crippen LogP contribution in [0.4, 0.5) is 5.95 Å². The molecule has 3 aromatic rings. The molecule has 1 aliphatic heterocycles. The van der Waals surface area contributed by atoms with Crippen molar-refractivity contribution in [2.75, 3.05) is 11.4 Å². The Hall–Kier alpha value is -2.70. The Bertz CT molecular complexity index is 833. The van der Waals surface area contributed by atoms with Crippen molar-refractivity contribution in [3.8, 4) is 0 Å². The van der Waals surface area contributed by atoms with Crippen LogP contribution >= 0.6 is 0 Å². The molecule has 0 fully saturated rings. The second-order valence-corrected chi connectivity index (χ2v) is 5.16. The van der Waals surface area contributed by atoms with Crippen LogP contribution in [0.3, 0.4) is 0 Å². The van der Waals surface area contributed by atoms with Crippen LogP contribution < -0.4 is 4.90 Å². The van der Waals surface area contributed by atoms with Crippen LogP contribution in [0.2, 0.25) is 0 Å². The van der Waals surface area contributed by atoms with Gasteiger partial charge < -0.3 is 4.57 Å². The zero-order valence-corrected chi connectivity index (χ0v) is 11.6. The van der Waals surface area contributed by atoms with Crippen LogP contribution in [0.5, 0.6) is 0 Å². The number of aromatic nitrogens is 5. The van der Waals surface area contributed by atoms with Gasteiger partial charge >= 0.3 is 0 Å². The number of benzene rings is 1. The first-order chi connectivity index (χ1) is 10.3. The van der Waals surface area contributed by atoms with E-state index in [1.165, 1.54) is 0 Å². The summed E-state index contributed by atoms with van der Waals surface area (Å²) in [6.07, 6.45) is 0.855. The second-order valence-electron chi connectivity index (χ2n) is 5.16. The lowest BCUT2D eigenvalue weighted by atomic mass is 10.2. The van der Waals surface area contributed by atoms with Crippen molar-refractivity contribution < 1.29 is 4.79 Å². The van der Waals surface area contributed by atoms with Gasteiger partial charge in [0.15, 0.2) is 0 Å². The number of rotatable bonds is 1. The molecule has 0 saturated heterocycles. The summed E-state index contributed by atoms with van der Waals surface area (Å²) in [5.74, 6) is 0.459. The van der Waals surface area contributed by atoms with Gasteiger partial charge in [-0.1, -0.05) is 23.3 Å². The normalized spacial score (nSPS) is 14.4. The molecule has 0 unspecified atom stereocenters. The summed E-state index contributed by atoms with van der Waals surface area (Å²) >= 11 is 0. The number of hydrogen-bond acceptors (Lipinski definition) is 4. The minimum Gasteiger partial charge on any atom is -0.340 e. The number of fused-ring (bicyclic) bond motifs is 2. The van der Waals surface area contributed by atoms with Gasteiger partial charge in [-0.3, -0.25) is 9.69 Å². The Morgan fingerprint density at radius 3 is 2.95 bits per heavy atom. The van der Waals surface area contributed by atoms with E-state index in [2.05, 4.69) is 15.5 Å². The van der Waals surface area contributed by atoms with Crippen LogP contribution in [-0.4, -0.2) is 37.2 Å². The molecule has 7 heteroatoms. The number of tetrazole rings is 1. The molecule has 0 bridgehead atoms. The highest BCUT2D eigenvalue weighted by Gasteiger charge is 2.28. The summed E-state index contributed by atoms with van der Waals surface area (Å²) < 4.78 is 3.59. The number of para-hydroxylation sites is 1. The number of nitrogens with zero attached hydrogens (tertiary/aromatic N) is 6. The van der Waals surface area contributed by atoms with Gasteiger partial charge in [0.05, 0.1) is 0 Å². The van der Waals surface area contributed by atoms with Crippen molar-refractivity contribution in [1.82, 2.24) is 24.8 Å². The number of anilines is 1. The molecule has 21 heavy (non-hydrogen) atoms. The van der Waals surface area contributed by atoms with E-state index in [1.807, 2.05) is 41.9 Å². The van der Waals surface area contributed by atoms with Gasteiger partial charge in [-0.05, 0) is 29.0 Å². The monoisotopic (exact) mass is 282 g/mol. The number of carbonyl (C=O) groups is 1. The Kier molecular flexibility index (Phi) is 2.53. The molecule has 0 spiro atoms. The summed E-state index contributed by atoms with van der Waals surface area (Å²) in [6.45, 7) is 1.39. The molecular weight excluding hydrogens is 268 g/mol. The first-order valence-corrected chi connectivity index (χ1v) is 6.88. The maximum absolute atomic E-state index is 12.8. The fraction of sp³-hybridized carbons (Fsp3) is 0.286. The van der Waals surface area contributed by atoms with Crippen LogP contribution in [0.15, 0.2) is 30.3 Å². The van der Waals surface area contributed by atoms with E-state index >= 15 is 0 Å². The Balaban J connectivity index is 1.80. The van der Waals surface area contributed by atoms with E-state index < -0.39 is 0 Å². The summed E-state index contributed by atoms with van der Waals surface area (Å²) in [5.41, 5.74) is 1.69. The highest BCUT2D eigenvalue weighted by atomic mass is 16.2. The van der Waals surface area contributed by atoms with Gasteiger partial charge in [-0.2, -0.15) is 0 Å². The third kappa shape index (κ3) is 1.74. The smallest absolute Gasteiger partial charge is 0.277 e. The molecule has 0 radical (unpaired) electrons. The number of aryl methyl sites for hydroxylation is 2. The van der Waals surface area contributed by atoms with E-state index in [0.29, 0.717) is 18.2 Å². The highest BCUT2D eigenvalue weighted by Crippen LogP contribution is 2.23. The molecule has 7 nitrogen and oxygen atoms in total. The first-order valence-electron chi connectivity index (χ1n) is 6.88. The quantitative estimate of drug-likeness (QED) is 0.673. The lowest BCUT2D eigenvalue weighted by Crippen LogP contribution is -2.38. The highest BCUT2D eigenvalue weighted by molar-refractivity contribution is 6.07. The molecule has 1 amide bonds. The summed E-state index contributed by atoms with van der Waals surface area (Å²) in [4.78, 5) is 14.5. The van der Waals surface area contributed by atoms with Gasteiger partial charge in [0, 0.05) is 31.0 Å². The number of carbonyl (C=O) groups excluding carboxylic acids is 1. The first kappa shape index (κ1) is 12.1. The van der Waals surface area contributed by atoms with E-state index in [1.54, 1.807) is 9.58 Å². The van der Waals surface area contributed by atoms with Crippen LogP contribution in [-0.2, 0) is 13.6 Å². The van der Waals surface area contributed by atoms with E-state index in [4.69, 9.17) is 0 Å². The molecule has 1 aliphatic rings. The number of hydrogen-bond donors (Lipinski definition) is 0. The Morgan fingerprint density at radius 2 is 2.10 bits per heavy atom. The zero-order chi connectivity index (χ0) is 14.4. The van der Waals surface area contributed by atoms with Gasteiger partial charge in [-0.25, -0.2) is 4.68 Å². The third-order valence-corrected chi connectivity index (χ3v) is 3.92. The standard InChI is InChI=1S/C14H14N6O/c1-18-11-6-3-2-5-10(11)9-12(18)13(21)19-7-4-8-20-14(19)15-16-17-20/h2-3,5-6,9H,4,7-8H2,1H3. The second kappa shape index (κ2) is 4.41. The molecule has 2 aromatic heterocycles. The predicted molar refractivity (Wildman–Crippen MR) is 77.0 cm³/mol. The summed E-state index contributed by atoms with van der Waals surface area (Å²) in [6, 6.07) is 9.87. The van der Waals surface area contributed by atoms with Gasteiger partial charge in [0.1, 0.15) is 5.69 Å². The lowest BCUT2D eigenvalue weighted by Gasteiger charge is -2.25. The lowest BCUT2D eigenvalue weighted by molar-refractivity contribution is 0.0973.